The average Bonchev–Trinajstić information content (AvgIpc) is 3.10. The molecule has 166 valence electrons. The molecular formula is C21H18Cl3N5O3. The average molecular weight is 495 g/mol. The second-order valence-electron chi connectivity index (χ2n) is 6.88. The molecule has 2 aromatic carbocycles. The van der Waals surface area contributed by atoms with Crippen LogP contribution >= 0.6 is 34.8 Å². The molecule has 0 fully saturated rings. The molecule has 0 radical (unpaired) electrons. The van der Waals surface area contributed by atoms with E-state index < -0.39 is 5.91 Å². The number of primary amides is 1. The summed E-state index contributed by atoms with van der Waals surface area (Å²) in [4.78, 5) is 36.6. The minimum absolute atomic E-state index is 0.0663. The van der Waals surface area contributed by atoms with Crippen LogP contribution in [0.1, 0.15) is 51.7 Å². The summed E-state index contributed by atoms with van der Waals surface area (Å²) in [6.07, 6.45) is 0.871. The van der Waals surface area contributed by atoms with Crippen molar-refractivity contribution in [2.45, 2.75) is 26.3 Å². The highest BCUT2D eigenvalue weighted by Crippen LogP contribution is 2.30. The number of halogens is 3. The second kappa shape index (κ2) is 10.1. The summed E-state index contributed by atoms with van der Waals surface area (Å²) < 4.78 is 1.30. The number of hydrogen-bond acceptors (Lipinski definition) is 5. The maximum atomic E-state index is 12.8. The Labute approximate surface area is 198 Å². The number of nitrogens with two attached hydrogens (primary N) is 1. The van der Waals surface area contributed by atoms with Crippen LogP contribution in [0.3, 0.4) is 0 Å². The number of anilines is 1. The van der Waals surface area contributed by atoms with Crippen molar-refractivity contribution in [2.24, 2.45) is 5.73 Å². The molecule has 0 spiro atoms. The van der Waals surface area contributed by atoms with Crippen molar-refractivity contribution in [3.8, 4) is 0 Å². The van der Waals surface area contributed by atoms with E-state index >= 15 is 0 Å². The summed E-state index contributed by atoms with van der Waals surface area (Å²) in [6.45, 7) is 1.91. The van der Waals surface area contributed by atoms with Gasteiger partial charge in [-0.3, -0.25) is 14.4 Å². The van der Waals surface area contributed by atoms with Crippen LogP contribution in [0.5, 0.6) is 0 Å². The zero-order valence-electron chi connectivity index (χ0n) is 16.9. The van der Waals surface area contributed by atoms with E-state index in [1.807, 2.05) is 6.92 Å². The fraction of sp³-hybridized carbons (Fsp3) is 0.190. The minimum Gasteiger partial charge on any atom is -0.364 e. The number of nitrogens with zero attached hydrogens (tertiary/aromatic N) is 3. The number of hydrogen-bond donors (Lipinski definition) is 2. The lowest BCUT2D eigenvalue weighted by atomic mass is 10.0. The van der Waals surface area contributed by atoms with Gasteiger partial charge in [0.2, 0.25) is 5.91 Å². The highest BCUT2D eigenvalue weighted by atomic mass is 35.5. The first-order chi connectivity index (χ1) is 15.2. The van der Waals surface area contributed by atoms with Crippen LogP contribution in [-0.2, 0) is 11.3 Å². The largest absolute Gasteiger partial charge is 0.364 e. The third-order valence-corrected chi connectivity index (χ3v) is 5.32. The van der Waals surface area contributed by atoms with Gasteiger partial charge >= 0.3 is 0 Å². The first-order valence-corrected chi connectivity index (χ1v) is 10.7. The molecule has 0 unspecified atom stereocenters. The zero-order valence-corrected chi connectivity index (χ0v) is 19.1. The van der Waals surface area contributed by atoms with Crippen molar-refractivity contribution in [2.75, 3.05) is 5.32 Å². The van der Waals surface area contributed by atoms with Crippen molar-refractivity contribution in [1.29, 1.82) is 0 Å². The third kappa shape index (κ3) is 5.27. The summed E-state index contributed by atoms with van der Waals surface area (Å²) >= 11 is 18.6. The normalized spacial score (nSPS) is 10.8. The standard InChI is InChI=1S/C21H18Cl3N5O3/c1-2-3-16(30)26-21-18(20(25)32)27-28-29(21)10-11-8-14(23)17(15(24)9-11)19(31)12-4-6-13(22)7-5-12/h4-9H,2-3,10H2,1H3,(H2,25,32)(H,26,30). The number of nitrogens with one attached hydrogen (secondary N) is 1. The molecular weight excluding hydrogens is 477 g/mol. The number of carbonyl (C=O) groups is 3. The van der Waals surface area contributed by atoms with Crippen LogP contribution in [0.25, 0.3) is 0 Å². The molecule has 3 rings (SSSR count). The second-order valence-corrected chi connectivity index (χ2v) is 8.13. The van der Waals surface area contributed by atoms with Crippen LogP contribution in [-0.4, -0.2) is 32.6 Å². The van der Waals surface area contributed by atoms with Gasteiger partial charge in [0.1, 0.15) is 0 Å². The van der Waals surface area contributed by atoms with Gasteiger partial charge in [0.05, 0.1) is 22.2 Å². The molecule has 11 heteroatoms. The minimum atomic E-state index is -0.831. The fourth-order valence-electron chi connectivity index (χ4n) is 2.99. The number of carbonyl (C=O) groups excluding carboxylic acids is 3. The van der Waals surface area contributed by atoms with Crippen LogP contribution in [0.2, 0.25) is 15.1 Å². The molecule has 3 N–H and O–H groups in total. The quantitative estimate of drug-likeness (QED) is 0.451. The molecule has 0 aliphatic carbocycles. The van der Waals surface area contributed by atoms with E-state index in [1.165, 1.54) is 4.68 Å². The number of ketones is 1. The Morgan fingerprint density at radius 2 is 1.69 bits per heavy atom. The molecule has 0 aliphatic heterocycles. The zero-order chi connectivity index (χ0) is 23.4. The summed E-state index contributed by atoms with van der Waals surface area (Å²) in [5, 5.41) is 11.0. The van der Waals surface area contributed by atoms with Gasteiger partial charge < -0.3 is 11.1 Å². The van der Waals surface area contributed by atoms with E-state index in [9.17, 15) is 14.4 Å². The predicted octanol–water partition coefficient (Wildman–Crippen LogP) is 4.36. The Balaban J connectivity index is 1.92. The Morgan fingerprint density at radius 1 is 1.06 bits per heavy atom. The number of rotatable bonds is 8. The first kappa shape index (κ1) is 23.7. The van der Waals surface area contributed by atoms with E-state index in [4.69, 9.17) is 40.5 Å². The van der Waals surface area contributed by atoms with E-state index in [1.54, 1.807) is 36.4 Å². The smallest absolute Gasteiger partial charge is 0.273 e. The van der Waals surface area contributed by atoms with Crippen molar-refractivity contribution in [1.82, 2.24) is 15.0 Å². The van der Waals surface area contributed by atoms with Crippen LogP contribution < -0.4 is 11.1 Å². The molecule has 1 aromatic heterocycles. The first-order valence-electron chi connectivity index (χ1n) is 9.52. The van der Waals surface area contributed by atoms with Gasteiger partial charge in [-0.1, -0.05) is 46.9 Å². The Morgan fingerprint density at radius 3 is 2.25 bits per heavy atom. The predicted molar refractivity (Wildman–Crippen MR) is 123 cm³/mol. The van der Waals surface area contributed by atoms with Gasteiger partial charge in [0, 0.05) is 17.0 Å². The lowest BCUT2D eigenvalue weighted by molar-refractivity contribution is -0.116. The Bertz CT molecular complexity index is 1170. The molecule has 2 amide bonds. The molecule has 3 aromatic rings. The summed E-state index contributed by atoms with van der Waals surface area (Å²) in [5.74, 6) is -1.42. The van der Waals surface area contributed by atoms with Gasteiger partial charge in [-0.05, 0) is 48.4 Å². The van der Waals surface area contributed by atoms with Crippen molar-refractivity contribution in [3.63, 3.8) is 0 Å². The topological polar surface area (TPSA) is 120 Å². The summed E-state index contributed by atoms with van der Waals surface area (Å²) in [7, 11) is 0. The highest BCUT2D eigenvalue weighted by molar-refractivity contribution is 6.41. The number of aromatic nitrogens is 3. The van der Waals surface area contributed by atoms with E-state index in [2.05, 4.69) is 15.6 Å². The van der Waals surface area contributed by atoms with Gasteiger partial charge in [-0.25, -0.2) is 4.68 Å². The van der Waals surface area contributed by atoms with Gasteiger partial charge in [-0.2, -0.15) is 0 Å². The molecule has 0 atom stereocenters. The maximum absolute atomic E-state index is 12.8. The van der Waals surface area contributed by atoms with Crippen molar-refractivity contribution in [3.05, 3.63) is 73.9 Å². The van der Waals surface area contributed by atoms with E-state index in [0.29, 0.717) is 22.6 Å². The van der Waals surface area contributed by atoms with Crippen molar-refractivity contribution >= 4 is 58.2 Å². The Hall–Kier alpha value is -2.94. The Kier molecular flexibility index (Phi) is 7.50. The summed E-state index contributed by atoms with van der Waals surface area (Å²) in [6, 6.07) is 9.47. The van der Waals surface area contributed by atoms with Crippen molar-refractivity contribution < 1.29 is 14.4 Å². The molecule has 0 aliphatic rings. The van der Waals surface area contributed by atoms with Gasteiger partial charge in [-0.15, -0.1) is 5.10 Å². The lowest BCUT2D eigenvalue weighted by Crippen LogP contribution is -2.20. The third-order valence-electron chi connectivity index (χ3n) is 4.47. The molecule has 8 nitrogen and oxygen atoms in total. The fourth-order valence-corrected chi connectivity index (χ4v) is 3.82. The molecule has 1 heterocycles. The van der Waals surface area contributed by atoms with Crippen LogP contribution in [0, 0.1) is 0 Å². The summed E-state index contributed by atoms with van der Waals surface area (Å²) in [5.41, 5.74) is 6.28. The van der Waals surface area contributed by atoms with Gasteiger partial charge in [0.25, 0.3) is 5.91 Å². The highest BCUT2D eigenvalue weighted by Gasteiger charge is 2.22. The SMILES string of the molecule is CCCC(=O)Nc1c(C(N)=O)nnn1Cc1cc(Cl)c(C(=O)c2ccc(Cl)cc2)c(Cl)c1. The number of amides is 2. The molecule has 0 bridgehead atoms. The molecule has 32 heavy (non-hydrogen) atoms. The monoisotopic (exact) mass is 493 g/mol. The molecule has 0 saturated heterocycles. The van der Waals surface area contributed by atoms with Gasteiger partial charge in [0.15, 0.2) is 17.3 Å². The molecule has 0 saturated carbocycles. The van der Waals surface area contributed by atoms with E-state index in [-0.39, 0.29) is 51.8 Å². The number of benzene rings is 2. The maximum Gasteiger partial charge on any atom is 0.273 e. The van der Waals surface area contributed by atoms with E-state index in [0.717, 1.165) is 0 Å². The van der Waals surface area contributed by atoms with Crippen LogP contribution in [0.4, 0.5) is 5.82 Å². The van der Waals surface area contributed by atoms with Crippen LogP contribution in [0.15, 0.2) is 36.4 Å². The lowest BCUT2D eigenvalue weighted by Gasteiger charge is -2.12.